The molecule has 4 N–H and O–H groups in total. The van der Waals surface area contributed by atoms with Gasteiger partial charge >= 0.3 is 0 Å². The van der Waals surface area contributed by atoms with Crippen LogP contribution in [0.5, 0.6) is 5.88 Å². The number of anilines is 2. The summed E-state index contributed by atoms with van der Waals surface area (Å²) in [7, 11) is 0. The third-order valence-corrected chi connectivity index (χ3v) is 5.73. The predicted octanol–water partition coefficient (Wildman–Crippen LogP) is 4.05. The molecule has 1 aromatic heterocycles. The Morgan fingerprint density at radius 3 is 2.75 bits per heavy atom. The molecule has 1 atom stereocenters. The van der Waals surface area contributed by atoms with E-state index in [1.165, 1.54) is 0 Å². The van der Waals surface area contributed by atoms with Crippen LogP contribution in [0, 0.1) is 16.7 Å². The predicted molar refractivity (Wildman–Crippen MR) is 109 cm³/mol. The molecule has 0 amide bonds. The number of carbonyl (C=O) groups is 1. The summed E-state index contributed by atoms with van der Waals surface area (Å²) in [4.78, 5) is 17.5. The number of carbonyl (C=O) groups excluding carboxylic acids is 1. The number of benzene rings is 1. The quantitative estimate of drug-likeness (QED) is 0.693. The van der Waals surface area contributed by atoms with E-state index in [1.54, 1.807) is 0 Å². The zero-order chi connectivity index (χ0) is 20.2. The second kappa shape index (κ2) is 6.35. The van der Waals surface area contributed by atoms with E-state index < -0.39 is 5.92 Å². The van der Waals surface area contributed by atoms with Gasteiger partial charge in [-0.1, -0.05) is 41.9 Å². The first-order chi connectivity index (χ1) is 13.2. The van der Waals surface area contributed by atoms with Crippen LogP contribution < -0.4 is 16.2 Å². The van der Waals surface area contributed by atoms with E-state index in [0.29, 0.717) is 29.7 Å². The molecule has 0 radical (unpaired) electrons. The summed E-state index contributed by atoms with van der Waals surface area (Å²) in [5.74, 6) is 0.465. The van der Waals surface area contributed by atoms with Crippen LogP contribution in [0.3, 0.4) is 0 Å². The molecule has 0 saturated heterocycles. The van der Waals surface area contributed by atoms with Gasteiger partial charge in [0, 0.05) is 28.8 Å². The van der Waals surface area contributed by atoms with E-state index in [0.717, 1.165) is 10.0 Å². The molecule has 1 aliphatic heterocycles. The number of nitriles is 1. The van der Waals surface area contributed by atoms with Crippen molar-refractivity contribution in [3.63, 3.8) is 0 Å². The molecule has 2 heterocycles. The number of nitrogen functional groups attached to an aromatic ring is 2. The average molecular weight is 439 g/mol. The Morgan fingerprint density at radius 1 is 1.32 bits per heavy atom. The topological polar surface area (TPSA) is 115 Å². The Labute approximate surface area is 171 Å². The molecular formula is C21H19BrN4O2. The Bertz CT molecular complexity index is 1100. The number of rotatable bonds is 1. The highest BCUT2D eigenvalue weighted by Crippen LogP contribution is 2.52. The molecule has 2 aromatic rings. The molecule has 0 saturated carbocycles. The van der Waals surface area contributed by atoms with Crippen LogP contribution in [0.25, 0.3) is 0 Å². The van der Waals surface area contributed by atoms with Crippen molar-refractivity contribution in [2.45, 2.75) is 32.6 Å². The van der Waals surface area contributed by atoms with Gasteiger partial charge in [0.2, 0.25) is 5.88 Å². The zero-order valence-electron chi connectivity index (χ0n) is 15.5. The molecule has 0 spiro atoms. The molecule has 2 aliphatic rings. The second-order valence-corrected chi connectivity index (χ2v) is 8.90. The SMILES string of the molecule is CC1(C)CC(=O)C2=C(C1)Oc1nc(N)c(C#N)c(N)c1C2c1cccc(Br)c1. The Hall–Kier alpha value is -2.85. The molecular weight excluding hydrogens is 420 g/mol. The van der Waals surface area contributed by atoms with Gasteiger partial charge in [0.1, 0.15) is 23.2 Å². The monoisotopic (exact) mass is 438 g/mol. The molecule has 1 unspecified atom stereocenters. The number of ether oxygens (including phenoxy) is 1. The molecule has 28 heavy (non-hydrogen) atoms. The lowest BCUT2D eigenvalue weighted by Crippen LogP contribution is -2.33. The largest absolute Gasteiger partial charge is 0.442 e. The van der Waals surface area contributed by atoms with Crippen molar-refractivity contribution in [2.24, 2.45) is 5.41 Å². The lowest BCUT2D eigenvalue weighted by Gasteiger charge is -2.38. The number of ketones is 1. The van der Waals surface area contributed by atoms with Crippen LogP contribution in [0.2, 0.25) is 0 Å². The number of pyridine rings is 1. The smallest absolute Gasteiger partial charge is 0.227 e. The molecule has 6 nitrogen and oxygen atoms in total. The molecule has 4 rings (SSSR count). The normalized spacial score (nSPS) is 20.1. The number of nitrogens with two attached hydrogens (primary N) is 2. The molecule has 142 valence electrons. The minimum absolute atomic E-state index is 0.0246. The number of Topliss-reactive ketones (excluding diaryl/α,β-unsaturated/α-hetero) is 1. The summed E-state index contributed by atoms with van der Waals surface area (Å²) in [5.41, 5.74) is 14.4. The van der Waals surface area contributed by atoms with Crippen molar-refractivity contribution in [1.82, 2.24) is 4.98 Å². The lowest BCUT2D eigenvalue weighted by atomic mass is 9.70. The van der Waals surface area contributed by atoms with Crippen LogP contribution >= 0.6 is 15.9 Å². The van der Waals surface area contributed by atoms with E-state index in [9.17, 15) is 10.1 Å². The van der Waals surface area contributed by atoms with Gasteiger partial charge in [-0.05, 0) is 23.1 Å². The van der Waals surface area contributed by atoms with Gasteiger partial charge in [0.25, 0.3) is 0 Å². The second-order valence-electron chi connectivity index (χ2n) is 7.98. The van der Waals surface area contributed by atoms with E-state index in [2.05, 4.69) is 20.9 Å². The highest BCUT2D eigenvalue weighted by atomic mass is 79.9. The first-order valence-electron chi connectivity index (χ1n) is 8.90. The fraction of sp³-hybridized carbons (Fsp3) is 0.286. The van der Waals surface area contributed by atoms with Crippen molar-refractivity contribution in [3.8, 4) is 11.9 Å². The number of hydrogen-bond donors (Lipinski definition) is 2. The van der Waals surface area contributed by atoms with Gasteiger partial charge in [-0.2, -0.15) is 10.2 Å². The van der Waals surface area contributed by atoms with Crippen LogP contribution in [-0.2, 0) is 4.79 Å². The van der Waals surface area contributed by atoms with Crippen molar-refractivity contribution < 1.29 is 9.53 Å². The third kappa shape index (κ3) is 2.85. The lowest BCUT2D eigenvalue weighted by molar-refractivity contribution is -0.118. The van der Waals surface area contributed by atoms with Crippen LogP contribution in [0.4, 0.5) is 11.5 Å². The number of allylic oxidation sites excluding steroid dienone is 2. The van der Waals surface area contributed by atoms with Gasteiger partial charge in [-0.25, -0.2) is 0 Å². The van der Waals surface area contributed by atoms with E-state index in [-0.39, 0.29) is 34.1 Å². The molecule has 7 heteroatoms. The molecule has 1 aromatic carbocycles. The summed E-state index contributed by atoms with van der Waals surface area (Å²) >= 11 is 3.50. The number of nitrogens with zero attached hydrogens (tertiary/aromatic N) is 2. The van der Waals surface area contributed by atoms with Crippen molar-refractivity contribution in [2.75, 3.05) is 11.5 Å². The van der Waals surface area contributed by atoms with Gasteiger partial charge < -0.3 is 16.2 Å². The van der Waals surface area contributed by atoms with Gasteiger partial charge in [-0.3, -0.25) is 4.79 Å². The van der Waals surface area contributed by atoms with Crippen molar-refractivity contribution in [3.05, 3.63) is 56.8 Å². The maximum absolute atomic E-state index is 13.2. The highest BCUT2D eigenvalue weighted by molar-refractivity contribution is 9.10. The van der Waals surface area contributed by atoms with Crippen LogP contribution in [-0.4, -0.2) is 10.8 Å². The summed E-state index contributed by atoms with van der Waals surface area (Å²) in [6, 6.07) is 9.71. The first kappa shape index (κ1) is 18.5. The standard InChI is InChI=1S/C21H19BrN4O2/c1-21(2)7-13(27)16-14(8-21)28-20-17(18(24)12(9-23)19(25)26-20)15(16)10-4-3-5-11(22)6-10/h3-6,15H,7-8H2,1-2H3,(H4,24,25,26). The van der Waals surface area contributed by atoms with Crippen molar-refractivity contribution >= 4 is 33.2 Å². The molecule has 0 bridgehead atoms. The summed E-state index contributed by atoms with van der Waals surface area (Å²) in [6.07, 6.45) is 1.03. The molecule has 1 aliphatic carbocycles. The average Bonchev–Trinajstić information content (AvgIpc) is 2.59. The summed E-state index contributed by atoms with van der Waals surface area (Å²) in [5, 5.41) is 9.48. The van der Waals surface area contributed by atoms with Crippen LogP contribution in [0.1, 0.15) is 49.3 Å². The zero-order valence-corrected chi connectivity index (χ0v) is 17.1. The highest BCUT2D eigenvalue weighted by Gasteiger charge is 2.44. The van der Waals surface area contributed by atoms with Gasteiger partial charge in [0.05, 0.1) is 11.3 Å². The fourth-order valence-corrected chi connectivity index (χ4v) is 4.48. The number of aromatic nitrogens is 1. The van der Waals surface area contributed by atoms with Crippen LogP contribution in [0.15, 0.2) is 40.1 Å². The minimum Gasteiger partial charge on any atom is -0.442 e. The maximum Gasteiger partial charge on any atom is 0.227 e. The number of halogens is 1. The first-order valence-corrected chi connectivity index (χ1v) is 9.69. The Morgan fingerprint density at radius 2 is 2.07 bits per heavy atom. The minimum atomic E-state index is -0.458. The summed E-state index contributed by atoms with van der Waals surface area (Å²) < 4.78 is 6.93. The van der Waals surface area contributed by atoms with Gasteiger partial charge in [0.15, 0.2) is 5.78 Å². The van der Waals surface area contributed by atoms with E-state index in [4.69, 9.17) is 16.2 Å². The van der Waals surface area contributed by atoms with Crippen molar-refractivity contribution in [1.29, 1.82) is 5.26 Å². The molecule has 0 fully saturated rings. The number of fused-ring (bicyclic) bond motifs is 1. The van der Waals surface area contributed by atoms with E-state index >= 15 is 0 Å². The Kier molecular flexibility index (Phi) is 4.20. The Balaban J connectivity index is 2.03. The van der Waals surface area contributed by atoms with Gasteiger partial charge in [-0.15, -0.1) is 0 Å². The fourth-order valence-electron chi connectivity index (χ4n) is 4.06. The number of hydrogen-bond acceptors (Lipinski definition) is 6. The van der Waals surface area contributed by atoms with E-state index in [1.807, 2.05) is 44.2 Å². The third-order valence-electron chi connectivity index (χ3n) is 5.24. The maximum atomic E-state index is 13.2. The summed E-state index contributed by atoms with van der Waals surface area (Å²) in [6.45, 7) is 4.08.